The topological polar surface area (TPSA) is 59.3 Å². The van der Waals surface area contributed by atoms with Crippen LogP contribution in [0, 0.1) is 19.8 Å². The quantitative estimate of drug-likeness (QED) is 0.664. The number of benzene rings is 1. The van der Waals surface area contributed by atoms with Gasteiger partial charge < -0.3 is 5.32 Å². The largest absolute Gasteiger partial charge is 0.355 e. The molecule has 1 aliphatic carbocycles. The highest BCUT2D eigenvalue weighted by atomic mass is 16.1. The van der Waals surface area contributed by atoms with Crippen LogP contribution in [0.15, 0.2) is 36.4 Å². The number of hydrogen-bond donors (Lipinski definition) is 1. The predicted octanol–water partition coefficient (Wildman–Crippen LogP) is 4.42. The normalized spacial score (nSPS) is 15.0. The number of imidazole rings is 1. The molecule has 0 bridgehead atoms. The maximum Gasteiger partial charge on any atom is 0.229 e. The van der Waals surface area contributed by atoms with E-state index >= 15 is 0 Å². The first-order chi connectivity index (χ1) is 13.6. The summed E-state index contributed by atoms with van der Waals surface area (Å²) < 4.78 is 1.88. The second-order valence-corrected chi connectivity index (χ2v) is 7.99. The summed E-state index contributed by atoms with van der Waals surface area (Å²) >= 11 is 0. The van der Waals surface area contributed by atoms with Crippen LogP contribution >= 0.6 is 0 Å². The van der Waals surface area contributed by atoms with Gasteiger partial charge in [0.15, 0.2) is 5.65 Å². The molecule has 0 radical (unpaired) electrons. The van der Waals surface area contributed by atoms with Gasteiger partial charge in [-0.3, -0.25) is 4.79 Å². The average Bonchev–Trinajstić information content (AvgIpc) is 3.45. The van der Waals surface area contributed by atoms with Crippen molar-refractivity contribution in [1.82, 2.24) is 19.9 Å². The van der Waals surface area contributed by atoms with Crippen LogP contribution in [0.2, 0.25) is 0 Å². The Balaban J connectivity index is 1.82. The standard InChI is InChI=1S/C23H28N4O/c1-4-5-19(23(28)24-14-17-9-10-17)22-21(18-11-6-15(2)7-12-18)25-20-13-8-16(3)26-27(20)22/h6-8,11-13,17,19H,4-5,9-10,14H2,1-3H3,(H,24,28). The highest BCUT2D eigenvalue weighted by molar-refractivity contribution is 5.86. The lowest BCUT2D eigenvalue weighted by Crippen LogP contribution is -2.32. The molecule has 0 aliphatic heterocycles. The van der Waals surface area contributed by atoms with E-state index in [-0.39, 0.29) is 11.8 Å². The summed E-state index contributed by atoms with van der Waals surface area (Å²) in [6.45, 7) is 6.94. The lowest BCUT2D eigenvalue weighted by Gasteiger charge is -2.17. The van der Waals surface area contributed by atoms with Gasteiger partial charge in [-0.1, -0.05) is 43.2 Å². The molecule has 1 N–H and O–H groups in total. The summed E-state index contributed by atoms with van der Waals surface area (Å²) in [6.07, 6.45) is 4.15. The van der Waals surface area contributed by atoms with Crippen LogP contribution in [-0.2, 0) is 4.79 Å². The first kappa shape index (κ1) is 18.7. The molecular weight excluding hydrogens is 348 g/mol. The van der Waals surface area contributed by atoms with E-state index < -0.39 is 0 Å². The van der Waals surface area contributed by atoms with Crippen molar-refractivity contribution in [3.05, 3.63) is 53.3 Å². The van der Waals surface area contributed by atoms with Crippen molar-refractivity contribution >= 4 is 11.6 Å². The number of nitrogens with one attached hydrogen (secondary N) is 1. The fourth-order valence-electron chi connectivity index (χ4n) is 3.65. The molecule has 1 fully saturated rings. The first-order valence-electron chi connectivity index (χ1n) is 10.3. The van der Waals surface area contributed by atoms with Crippen molar-refractivity contribution in [2.45, 2.75) is 52.4 Å². The highest BCUT2D eigenvalue weighted by Crippen LogP contribution is 2.33. The number of carbonyl (C=O) groups is 1. The van der Waals surface area contributed by atoms with Gasteiger partial charge in [-0.25, -0.2) is 9.50 Å². The smallest absolute Gasteiger partial charge is 0.229 e. The number of aryl methyl sites for hydroxylation is 2. The number of hydrogen-bond acceptors (Lipinski definition) is 3. The lowest BCUT2D eigenvalue weighted by atomic mass is 9.94. The summed E-state index contributed by atoms with van der Waals surface area (Å²) in [5.41, 5.74) is 5.69. The molecule has 1 aliphatic rings. The summed E-state index contributed by atoms with van der Waals surface area (Å²) in [6, 6.07) is 12.3. The number of amides is 1. The van der Waals surface area contributed by atoms with E-state index in [1.807, 2.05) is 23.6 Å². The van der Waals surface area contributed by atoms with Crippen molar-refractivity contribution in [2.75, 3.05) is 6.54 Å². The molecule has 2 aromatic heterocycles. The molecule has 2 heterocycles. The Hall–Kier alpha value is -2.69. The van der Waals surface area contributed by atoms with Crippen LogP contribution in [0.3, 0.4) is 0 Å². The molecule has 1 saturated carbocycles. The maximum atomic E-state index is 13.2. The molecule has 1 unspecified atom stereocenters. The maximum absolute atomic E-state index is 13.2. The second-order valence-electron chi connectivity index (χ2n) is 7.99. The van der Waals surface area contributed by atoms with E-state index in [9.17, 15) is 4.79 Å². The molecule has 4 rings (SSSR count). The zero-order valence-electron chi connectivity index (χ0n) is 16.9. The summed E-state index contributed by atoms with van der Waals surface area (Å²) in [5, 5.41) is 7.88. The number of rotatable bonds is 7. The SMILES string of the molecule is CCCC(C(=O)NCC1CC1)c1c(-c2ccc(C)cc2)nc2ccc(C)nn12. The van der Waals surface area contributed by atoms with Gasteiger partial charge in [-0.05, 0) is 51.2 Å². The van der Waals surface area contributed by atoms with Crippen molar-refractivity contribution in [3.8, 4) is 11.3 Å². The third kappa shape index (κ3) is 3.79. The van der Waals surface area contributed by atoms with E-state index in [0.29, 0.717) is 5.92 Å². The van der Waals surface area contributed by atoms with Gasteiger partial charge in [0.25, 0.3) is 0 Å². The second kappa shape index (κ2) is 7.74. The summed E-state index contributed by atoms with van der Waals surface area (Å²) in [7, 11) is 0. The number of fused-ring (bicyclic) bond motifs is 1. The van der Waals surface area contributed by atoms with Crippen molar-refractivity contribution < 1.29 is 4.79 Å². The monoisotopic (exact) mass is 376 g/mol. The van der Waals surface area contributed by atoms with Crippen LogP contribution in [0.4, 0.5) is 0 Å². The van der Waals surface area contributed by atoms with E-state index in [0.717, 1.165) is 47.7 Å². The van der Waals surface area contributed by atoms with Gasteiger partial charge in [0.1, 0.15) is 0 Å². The number of nitrogens with zero attached hydrogens (tertiary/aromatic N) is 3. The van der Waals surface area contributed by atoms with E-state index in [1.165, 1.54) is 18.4 Å². The molecule has 5 nitrogen and oxygen atoms in total. The third-order valence-electron chi connectivity index (χ3n) is 5.46. The van der Waals surface area contributed by atoms with Gasteiger partial charge in [0.2, 0.25) is 5.91 Å². The molecule has 28 heavy (non-hydrogen) atoms. The molecule has 146 valence electrons. The predicted molar refractivity (Wildman–Crippen MR) is 111 cm³/mol. The van der Waals surface area contributed by atoms with Gasteiger partial charge in [0, 0.05) is 12.1 Å². The Kier molecular flexibility index (Phi) is 5.16. The van der Waals surface area contributed by atoms with E-state index in [1.54, 1.807) is 0 Å². The fourth-order valence-corrected chi connectivity index (χ4v) is 3.65. The summed E-state index contributed by atoms with van der Waals surface area (Å²) in [5.74, 6) is 0.488. The number of carbonyl (C=O) groups excluding carboxylic acids is 1. The van der Waals surface area contributed by atoms with Gasteiger partial charge in [-0.2, -0.15) is 5.10 Å². The molecule has 0 spiro atoms. The van der Waals surface area contributed by atoms with Crippen molar-refractivity contribution in [3.63, 3.8) is 0 Å². The zero-order chi connectivity index (χ0) is 19.7. The number of aromatic nitrogens is 3. The van der Waals surface area contributed by atoms with Crippen LogP contribution < -0.4 is 5.32 Å². The van der Waals surface area contributed by atoms with Crippen LogP contribution in [0.1, 0.15) is 55.5 Å². The van der Waals surface area contributed by atoms with Crippen LogP contribution in [0.25, 0.3) is 16.9 Å². The average molecular weight is 377 g/mol. The minimum absolute atomic E-state index is 0.0900. The third-order valence-corrected chi connectivity index (χ3v) is 5.46. The molecule has 1 aromatic carbocycles. The molecule has 0 saturated heterocycles. The Bertz CT molecular complexity index is 986. The van der Waals surface area contributed by atoms with Gasteiger partial charge >= 0.3 is 0 Å². The minimum Gasteiger partial charge on any atom is -0.355 e. The van der Waals surface area contributed by atoms with Gasteiger partial charge in [-0.15, -0.1) is 0 Å². The first-order valence-corrected chi connectivity index (χ1v) is 10.3. The molecular formula is C23H28N4O. The summed E-state index contributed by atoms with van der Waals surface area (Å²) in [4.78, 5) is 18.0. The Morgan fingerprint density at radius 2 is 1.93 bits per heavy atom. The lowest BCUT2D eigenvalue weighted by molar-refractivity contribution is -0.122. The Labute approximate surface area is 166 Å². The Morgan fingerprint density at radius 3 is 2.61 bits per heavy atom. The molecule has 1 amide bonds. The molecule has 1 atom stereocenters. The van der Waals surface area contributed by atoms with E-state index in [2.05, 4.69) is 43.4 Å². The van der Waals surface area contributed by atoms with E-state index in [4.69, 9.17) is 10.1 Å². The Morgan fingerprint density at radius 1 is 1.18 bits per heavy atom. The fraction of sp³-hybridized carbons (Fsp3) is 0.435. The van der Waals surface area contributed by atoms with Crippen LogP contribution in [0.5, 0.6) is 0 Å². The van der Waals surface area contributed by atoms with Crippen LogP contribution in [-0.4, -0.2) is 27.0 Å². The molecule has 3 aromatic rings. The van der Waals surface area contributed by atoms with Crippen molar-refractivity contribution in [2.24, 2.45) is 5.92 Å². The zero-order valence-corrected chi connectivity index (χ0v) is 16.9. The molecule has 5 heteroatoms. The minimum atomic E-state index is -0.260. The van der Waals surface area contributed by atoms with Gasteiger partial charge in [0.05, 0.1) is 23.0 Å². The van der Waals surface area contributed by atoms with Crippen molar-refractivity contribution in [1.29, 1.82) is 0 Å². The highest BCUT2D eigenvalue weighted by Gasteiger charge is 2.30.